The largest absolute Gasteiger partial charge is 0.451 e. The lowest BCUT2D eigenvalue weighted by Crippen LogP contribution is -1.96. The van der Waals surface area contributed by atoms with Gasteiger partial charge in [-0.2, -0.15) is 0 Å². The van der Waals surface area contributed by atoms with Crippen LogP contribution in [-0.2, 0) is 6.61 Å². The minimum Gasteiger partial charge on any atom is -0.451 e. The van der Waals surface area contributed by atoms with Gasteiger partial charge in [-0.25, -0.2) is 8.78 Å². The van der Waals surface area contributed by atoms with Gasteiger partial charge in [0.25, 0.3) is 0 Å². The molecule has 0 unspecified atom stereocenters. The number of hydrogen-bond acceptors (Lipinski definition) is 2. The standard InChI is InChI=1S/C13H10F2O2/c14-10-5-1-2-7-12(10)17-13-9(8-16)4-3-6-11(13)15/h1-7,16H,8H2. The summed E-state index contributed by atoms with van der Waals surface area (Å²) in [6.07, 6.45) is 0. The monoisotopic (exact) mass is 236 g/mol. The topological polar surface area (TPSA) is 29.5 Å². The molecule has 0 saturated heterocycles. The number of aliphatic hydroxyl groups excluding tert-OH is 1. The van der Waals surface area contributed by atoms with Gasteiger partial charge >= 0.3 is 0 Å². The Morgan fingerprint density at radius 3 is 2.35 bits per heavy atom. The lowest BCUT2D eigenvalue weighted by atomic mass is 10.2. The predicted molar refractivity (Wildman–Crippen MR) is 58.8 cm³/mol. The first-order valence-electron chi connectivity index (χ1n) is 5.03. The summed E-state index contributed by atoms with van der Waals surface area (Å²) in [7, 11) is 0. The van der Waals surface area contributed by atoms with Gasteiger partial charge in [-0.1, -0.05) is 24.3 Å². The van der Waals surface area contributed by atoms with E-state index in [2.05, 4.69) is 0 Å². The summed E-state index contributed by atoms with van der Waals surface area (Å²) in [4.78, 5) is 0. The quantitative estimate of drug-likeness (QED) is 0.886. The first kappa shape index (κ1) is 11.5. The number of aliphatic hydroxyl groups is 1. The summed E-state index contributed by atoms with van der Waals surface area (Å²) in [5, 5.41) is 9.05. The van der Waals surface area contributed by atoms with Gasteiger partial charge in [0, 0.05) is 5.56 Å². The Labute approximate surface area is 97.1 Å². The SMILES string of the molecule is OCc1cccc(F)c1Oc1ccccc1F. The van der Waals surface area contributed by atoms with Crippen LogP contribution in [0.1, 0.15) is 5.56 Å². The minimum absolute atomic E-state index is 0.0766. The fraction of sp³-hybridized carbons (Fsp3) is 0.0769. The smallest absolute Gasteiger partial charge is 0.168 e. The third-order valence-electron chi connectivity index (χ3n) is 2.27. The fourth-order valence-corrected chi connectivity index (χ4v) is 1.43. The first-order chi connectivity index (χ1) is 8.22. The predicted octanol–water partition coefficient (Wildman–Crippen LogP) is 3.25. The van der Waals surface area contributed by atoms with Gasteiger partial charge in [-0.3, -0.25) is 0 Å². The van der Waals surface area contributed by atoms with Gasteiger partial charge in [0.2, 0.25) is 0 Å². The highest BCUT2D eigenvalue weighted by Crippen LogP contribution is 2.29. The Bertz CT molecular complexity index is 527. The maximum absolute atomic E-state index is 13.5. The molecule has 2 rings (SSSR count). The molecule has 0 aromatic heterocycles. The zero-order valence-corrected chi connectivity index (χ0v) is 8.86. The van der Waals surface area contributed by atoms with Crippen molar-refractivity contribution in [3.8, 4) is 11.5 Å². The molecule has 0 heterocycles. The number of rotatable bonds is 3. The van der Waals surface area contributed by atoms with E-state index in [1.807, 2.05) is 0 Å². The normalized spacial score (nSPS) is 10.3. The summed E-state index contributed by atoms with van der Waals surface area (Å²) in [5.74, 6) is -1.45. The van der Waals surface area contributed by atoms with Crippen molar-refractivity contribution in [3.05, 3.63) is 59.7 Å². The maximum Gasteiger partial charge on any atom is 0.168 e. The summed E-state index contributed by atoms with van der Waals surface area (Å²) >= 11 is 0. The molecular weight excluding hydrogens is 226 g/mol. The maximum atomic E-state index is 13.5. The molecule has 0 aliphatic heterocycles. The molecule has 0 aliphatic rings. The molecule has 88 valence electrons. The molecule has 0 spiro atoms. The Balaban J connectivity index is 2.39. The zero-order chi connectivity index (χ0) is 12.3. The van der Waals surface area contributed by atoms with Gasteiger partial charge in [0.05, 0.1) is 6.61 Å². The van der Waals surface area contributed by atoms with Gasteiger partial charge in [0.1, 0.15) is 0 Å². The van der Waals surface area contributed by atoms with Crippen LogP contribution in [0.3, 0.4) is 0 Å². The second-order valence-electron chi connectivity index (χ2n) is 3.42. The molecule has 4 heteroatoms. The summed E-state index contributed by atoms with van der Waals surface area (Å²) in [6, 6.07) is 9.86. The van der Waals surface area contributed by atoms with E-state index in [0.717, 1.165) is 0 Å². The van der Waals surface area contributed by atoms with Crippen LogP contribution in [0.2, 0.25) is 0 Å². The Morgan fingerprint density at radius 2 is 1.65 bits per heavy atom. The van der Waals surface area contributed by atoms with E-state index in [4.69, 9.17) is 9.84 Å². The molecule has 2 aromatic rings. The van der Waals surface area contributed by atoms with Crippen molar-refractivity contribution in [3.63, 3.8) is 0 Å². The minimum atomic E-state index is -0.639. The first-order valence-corrected chi connectivity index (χ1v) is 5.03. The van der Waals surface area contributed by atoms with Crippen molar-refractivity contribution in [2.24, 2.45) is 0 Å². The molecule has 0 amide bonds. The van der Waals surface area contributed by atoms with E-state index in [1.54, 1.807) is 6.07 Å². The summed E-state index contributed by atoms with van der Waals surface area (Å²) in [5.41, 5.74) is 0.272. The summed E-state index contributed by atoms with van der Waals surface area (Å²) < 4.78 is 32.0. The van der Waals surface area contributed by atoms with E-state index in [0.29, 0.717) is 0 Å². The van der Waals surface area contributed by atoms with E-state index in [1.165, 1.54) is 36.4 Å². The highest BCUT2D eigenvalue weighted by atomic mass is 19.1. The number of para-hydroxylation sites is 2. The fourth-order valence-electron chi connectivity index (χ4n) is 1.43. The van der Waals surface area contributed by atoms with Crippen molar-refractivity contribution >= 4 is 0 Å². The van der Waals surface area contributed by atoms with E-state index in [9.17, 15) is 8.78 Å². The van der Waals surface area contributed by atoms with E-state index in [-0.39, 0.29) is 23.7 Å². The molecule has 2 aromatic carbocycles. The van der Waals surface area contributed by atoms with Crippen molar-refractivity contribution in [2.45, 2.75) is 6.61 Å². The molecular formula is C13H10F2O2. The number of benzene rings is 2. The van der Waals surface area contributed by atoms with Crippen LogP contribution in [0.25, 0.3) is 0 Å². The third-order valence-corrected chi connectivity index (χ3v) is 2.27. The molecule has 17 heavy (non-hydrogen) atoms. The molecule has 0 bridgehead atoms. The molecule has 0 atom stereocenters. The molecule has 0 saturated carbocycles. The van der Waals surface area contributed by atoms with Gasteiger partial charge in [-0.05, 0) is 18.2 Å². The Morgan fingerprint density at radius 1 is 0.941 bits per heavy atom. The highest BCUT2D eigenvalue weighted by molar-refractivity contribution is 5.39. The number of halogens is 2. The van der Waals surface area contributed by atoms with Crippen LogP contribution in [0.5, 0.6) is 11.5 Å². The average Bonchev–Trinajstić information content (AvgIpc) is 2.34. The number of ether oxygens (including phenoxy) is 1. The van der Waals surface area contributed by atoms with E-state index >= 15 is 0 Å². The van der Waals surface area contributed by atoms with Crippen LogP contribution in [0, 0.1) is 11.6 Å². The van der Waals surface area contributed by atoms with Crippen LogP contribution in [-0.4, -0.2) is 5.11 Å². The number of hydrogen-bond donors (Lipinski definition) is 1. The van der Waals surface area contributed by atoms with Gasteiger partial charge < -0.3 is 9.84 Å². The lowest BCUT2D eigenvalue weighted by Gasteiger charge is -2.10. The Kier molecular flexibility index (Phi) is 3.35. The molecule has 0 fully saturated rings. The second-order valence-corrected chi connectivity index (χ2v) is 3.42. The van der Waals surface area contributed by atoms with Crippen molar-refractivity contribution < 1.29 is 18.6 Å². The Hall–Kier alpha value is -1.94. The highest BCUT2D eigenvalue weighted by Gasteiger charge is 2.12. The second kappa shape index (κ2) is 4.93. The van der Waals surface area contributed by atoms with Crippen molar-refractivity contribution in [1.29, 1.82) is 0 Å². The third kappa shape index (κ3) is 2.42. The average molecular weight is 236 g/mol. The van der Waals surface area contributed by atoms with E-state index < -0.39 is 11.6 Å². The summed E-state index contributed by atoms with van der Waals surface area (Å²) in [6.45, 7) is -0.373. The molecule has 0 radical (unpaired) electrons. The van der Waals surface area contributed by atoms with Crippen LogP contribution in [0.15, 0.2) is 42.5 Å². The van der Waals surface area contributed by atoms with Gasteiger partial charge in [0.15, 0.2) is 23.1 Å². The van der Waals surface area contributed by atoms with Crippen molar-refractivity contribution in [1.82, 2.24) is 0 Å². The van der Waals surface area contributed by atoms with Crippen molar-refractivity contribution in [2.75, 3.05) is 0 Å². The van der Waals surface area contributed by atoms with Crippen LogP contribution in [0.4, 0.5) is 8.78 Å². The van der Waals surface area contributed by atoms with Crippen LogP contribution >= 0.6 is 0 Å². The van der Waals surface area contributed by atoms with Gasteiger partial charge in [-0.15, -0.1) is 0 Å². The molecule has 2 nitrogen and oxygen atoms in total. The molecule has 0 aliphatic carbocycles. The zero-order valence-electron chi connectivity index (χ0n) is 8.86. The molecule has 1 N–H and O–H groups in total. The lowest BCUT2D eigenvalue weighted by molar-refractivity contribution is 0.273. The van der Waals surface area contributed by atoms with Crippen LogP contribution < -0.4 is 4.74 Å².